The van der Waals surface area contributed by atoms with Crippen molar-refractivity contribution in [3.05, 3.63) is 89.1 Å². The van der Waals surface area contributed by atoms with Gasteiger partial charge in [0, 0.05) is 6.07 Å². The summed E-state index contributed by atoms with van der Waals surface area (Å²) in [6.07, 6.45) is 1.81. The number of aryl methyl sites for hydroxylation is 1. The Labute approximate surface area is 117 Å². The SMILES string of the molecule is Cc1ccn(-c2ccccc2)c(=O)[n+]1-c1ccccc1. The molecule has 2 aromatic carbocycles. The number of para-hydroxylation sites is 2. The summed E-state index contributed by atoms with van der Waals surface area (Å²) in [5.74, 6) is 0. The zero-order valence-electron chi connectivity index (χ0n) is 11.2. The topological polar surface area (TPSA) is 25.9 Å². The predicted molar refractivity (Wildman–Crippen MR) is 78.3 cm³/mol. The van der Waals surface area contributed by atoms with E-state index in [-0.39, 0.29) is 5.69 Å². The highest BCUT2D eigenvalue weighted by molar-refractivity contribution is 5.31. The predicted octanol–water partition coefficient (Wildman–Crippen LogP) is 2.42. The third-order valence-electron chi connectivity index (χ3n) is 3.26. The molecule has 0 aliphatic rings. The summed E-state index contributed by atoms with van der Waals surface area (Å²) in [4.78, 5) is 12.7. The van der Waals surface area contributed by atoms with E-state index < -0.39 is 0 Å². The first-order chi connectivity index (χ1) is 9.77. The molecular formula is C17H15N2O+. The van der Waals surface area contributed by atoms with Crippen LogP contribution in [0.3, 0.4) is 0 Å². The lowest BCUT2D eigenvalue weighted by atomic mass is 10.3. The van der Waals surface area contributed by atoms with Crippen molar-refractivity contribution in [1.82, 2.24) is 4.57 Å². The van der Waals surface area contributed by atoms with Crippen molar-refractivity contribution >= 4 is 0 Å². The highest BCUT2D eigenvalue weighted by Gasteiger charge is 2.16. The van der Waals surface area contributed by atoms with Crippen molar-refractivity contribution < 1.29 is 4.57 Å². The largest absolute Gasteiger partial charge is 0.508 e. The maximum absolute atomic E-state index is 12.7. The maximum atomic E-state index is 12.7. The molecule has 0 saturated carbocycles. The Kier molecular flexibility index (Phi) is 3.17. The molecule has 0 unspecified atom stereocenters. The summed E-state index contributed by atoms with van der Waals surface area (Å²) < 4.78 is 3.37. The lowest BCUT2D eigenvalue weighted by Gasteiger charge is -2.05. The van der Waals surface area contributed by atoms with Crippen LogP contribution in [-0.2, 0) is 0 Å². The molecule has 0 spiro atoms. The standard InChI is InChI=1S/C17H15N2O/c1-14-12-13-18(15-8-4-2-5-9-15)17(20)19(14)16-10-6-3-7-11-16/h2-13H,1H3/q+1. The van der Waals surface area contributed by atoms with Gasteiger partial charge in [-0.1, -0.05) is 36.4 Å². The molecule has 0 atom stereocenters. The molecule has 0 bridgehead atoms. The van der Waals surface area contributed by atoms with Crippen LogP contribution in [0.4, 0.5) is 0 Å². The Bertz CT molecular complexity index is 777. The van der Waals surface area contributed by atoms with Crippen LogP contribution in [0, 0.1) is 6.92 Å². The molecule has 1 heterocycles. The van der Waals surface area contributed by atoms with Gasteiger partial charge in [0.15, 0.2) is 0 Å². The fourth-order valence-electron chi connectivity index (χ4n) is 2.26. The average Bonchev–Trinajstić information content (AvgIpc) is 2.49. The zero-order valence-corrected chi connectivity index (χ0v) is 11.2. The van der Waals surface area contributed by atoms with Crippen LogP contribution in [0.15, 0.2) is 77.7 Å². The highest BCUT2D eigenvalue weighted by Crippen LogP contribution is 2.04. The van der Waals surface area contributed by atoms with Gasteiger partial charge in [0.1, 0.15) is 23.3 Å². The maximum Gasteiger partial charge on any atom is 0.508 e. The summed E-state index contributed by atoms with van der Waals surface area (Å²) in [5, 5.41) is 0. The molecule has 0 amide bonds. The van der Waals surface area contributed by atoms with Crippen LogP contribution >= 0.6 is 0 Å². The van der Waals surface area contributed by atoms with Gasteiger partial charge in [0.25, 0.3) is 0 Å². The summed E-state index contributed by atoms with van der Waals surface area (Å²) in [5.41, 5.74) is 2.58. The second-order valence-electron chi connectivity index (χ2n) is 4.62. The Hall–Kier alpha value is -2.68. The van der Waals surface area contributed by atoms with E-state index in [2.05, 4.69) is 0 Å². The van der Waals surface area contributed by atoms with Crippen molar-refractivity contribution in [3.8, 4) is 11.4 Å². The minimum absolute atomic E-state index is 0.0672. The molecule has 3 heteroatoms. The van der Waals surface area contributed by atoms with E-state index >= 15 is 0 Å². The van der Waals surface area contributed by atoms with Gasteiger partial charge < -0.3 is 0 Å². The van der Waals surface area contributed by atoms with Gasteiger partial charge in [0.2, 0.25) is 0 Å². The number of nitrogens with zero attached hydrogens (tertiary/aromatic N) is 2. The van der Waals surface area contributed by atoms with E-state index in [0.717, 1.165) is 17.1 Å². The summed E-state index contributed by atoms with van der Waals surface area (Å²) >= 11 is 0. The Morgan fingerprint density at radius 3 is 2.10 bits per heavy atom. The van der Waals surface area contributed by atoms with Crippen LogP contribution in [0.2, 0.25) is 0 Å². The van der Waals surface area contributed by atoms with E-state index in [1.54, 1.807) is 9.13 Å². The third kappa shape index (κ3) is 2.14. The number of aromatic nitrogens is 2. The molecule has 3 nitrogen and oxygen atoms in total. The summed E-state index contributed by atoms with van der Waals surface area (Å²) in [6.45, 7) is 1.93. The van der Waals surface area contributed by atoms with E-state index in [9.17, 15) is 4.79 Å². The van der Waals surface area contributed by atoms with E-state index in [0.29, 0.717) is 0 Å². The van der Waals surface area contributed by atoms with Crippen molar-refractivity contribution in [2.45, 2.75) is 6.92 Å². The molecule has 3 aromatic rings. The molecular weight excluding hydrogens is 248 g/mol. The van der Waals surface area contributed by atoms with Gasteiger partial charge in [0.05, 0.1) is 0 Å². The molecule has 98 valence electrons. The van der Waals surface area contributed by atoms with Gasteiger partial charge >= 0.3 is 5.69 Å². The smallest absolute Gasteiger partial charge is 0.196 e. The molecule has 0 radical (unpaired) electrons. The molecule has 0 N–H and O–H groups in total. The first-order valence-corrected chi connectivity index (χ1v) is 6.52. The lowest BCUT2D eigenvalue weighted by molar-refractivity contribution is -0.623. The Morgan fingerprint density at radius 2 is 1.45 bits per heavy atom. The number of hydrogen-bond acceptors (Lipinski definition) is 1. The molecule has 0 aliphatic heterocycles. The molecule has 3 rings (SSSR count). The van der Waals surface area contributed by atoms with Crippen LogP contribution in [-0.4, -0.2) is 4.57 Å². The van der Waals surface area contributed by atoms with Gasteiger partial charge in [-0.25, -0.2) is 0 Å². The first-order valence-electron chi connectivity index (χ1n) is 6.52. The van der Waals surface area contributed by atoms with E-state index in [1.165, 1.54) is 0 Å². The normalized spacial score (nSPS) is 10.4. The van der Waals surface area contributed by atoms with Gasteiger partial charge in [-0.2, -0.15) is 13.9 Å². The second kappa shape index (κ2) is 5.13. The van der Waals surface area contributed by atoms with Crippen LogP contribution in [0.5, 0.6) is 0 Å². The number of hydrogen-bond donors (Lipinski definition) is 0. The molecule has 0 saturated heterocycles. The van der Waals surface area contributed by atoms with Gasteiger partial charge in [-0.15, -0.1) is 0 Å². The summed E-state index contributed by atoms with van der Waals surface area (Å²) in [7, 11) is 0. The second-order valence-corrected chi connectivity index (χ2v) is 4.62. The Morgan fingerprint density at radius 1 is 0.850 bits per heavy atom. The Balaban J connectivity index is 2.25. The van der Waals surface area contributed by atoms with Crippen LogP contribution in [0.1, 0.15) is 5.69 Å². The van der Waals surface area contributed by atoms with E-state index in [4.69, 9.17) is 0 Å². The van der Waals surface area contributed by atoms with Gasteiger partial charge in [-0.3, -0.25) is 0 Å². The first kappa shape index (κ1) is 12.4. The van der Waals surface area contributed by atoms with Gasteiger partial charge in [-0.05, 0) is 31.2 Å². The average molecular weight is 263 g/mol. The minimum atomic E-state index is -0.0672. The van der Waals surface area contributed by atoms with Crippen LogP contribution in [0.25, 0.3) is 11.4 Å². The third-order valence-corrected chi connectivity index (χ3v) is 3.26. The quantitative estimate of drug-likeness (QED) is 0.652. The molecule has 20 heavy (non-hydrogen) atoms. The van der Waals surface area contributed by atoms with Crippen molar-refractivity contribution in [2.24, 2.45) is 0 Å². The van der Waals surface area contributed by atoms with E-state index in [1.807, 2.05) is 79.9 Å². The lowest BCUT2D eigenvalue weighted by Crippen LogP contribution is -2.53. The molecule has 0 aliphatic carbocycles. The number of benzene rings is 2. The van der Waals surface area contributed by atoms with Crippen molar-refractivity contribution in [2.75, 3.05) is 0 Å². The van der Waals surface area contributed by atoms with Crippen molar-refractivity contribution in [1.29, 1.82) is 0 Å². The fourth-order valence-corrected chi connectivity index (χ4v) is 2.26. The monoisotopic (exact) mass is 263 g/mol. The van der Waals surface area contributed by atoms with Crippen LogP contribution < -0.4 is 10.3 Å². The highest BCUT2D eigenvalue weighted by atomic mass is 16.1. The zero-order chi connectivity index (χ0) is 13.9. The summed E-state index contributed by atoms with van der Waals surface area (Å²) in [6, 6.07) is 21.3. The fraction of sp³-hybridized carbons (Fsp3) is 0.0588. The minimum Gasteiger partial charge on any atom is -0.196 e. The molecule has 0 fully saturated rings. The van der Waals surface area contributed by atoms with Crippen molar-refractivity contribution in [3.63, 3.8) is 0 Å². The number of rotatable bonds is 2. The molecule has 1 aromatic heterocycles.